The summed E-state index contributed by atoms with van der Waals surface area (Å²) in [4.78, 5) is 11.4. The SMILES string of the molecule is Nc1ccc(S(=O)(=O)OC(=O)/C=C/c2ccccc2)cc1. The molecule has 0 spiro atoms. The zero-order valence-corrected chi connectivity index (χ0v) is 11.8. The molecule has 0 bridgehead atoms. The Hall–Kier alpha value is -2.60. The van der Waals surface area contributed by atoms with E-state index in [1.165, 1.54) is 30.3 Å². The topological polar surface area (TPSA) is 86.5 Å². The molecular weight excluding hydrogens is 290 g/mol. The molecule has 0 saturated heterocycles. The van der Waals surface area contributed by atoms with Crippen LogP contribution in [0.1, 0.15) is 5.56 Å². The summed E-state index contributed by atoms with van der Waals surface area (Å²) in [5, 5.41) is 0. The molecule has 0 heterocycles. The van der Waals surface area contributed by atoms with Gasteiger partial charge in [-0.05, 0) is 35.9 Å². The Morgan fingerprint density at radius 1 is 1.00 bits per heavy atom. The second-order valence-corrected chi connectivity index (χ2v) is 5.72. The van der Waals surface area contributed by atoms with Crippen LogP contribution in [0, 0.1) is 0 Å². The summed E-state index contributed by atoms with van der Waals surface area (Å²) < 4.78 is 28.2. The van der Waals surface area contributed by atoms with Crippen molar-refractivity contribution < 1.29 is 17.4 Å². The maximum absolute atomic E-state index is 11.8. The van der Waals surface area contributed by atoms with Crippen LogP contribution in [0.25, 0.3) is 6.08 Å². The average Bonchev–Trinajstić information content (AvgIpc) is 2.46. The van der Waals surface area contributed by atoms with Crippen LogP contribution in [-0.2, 0) is 19.1 Å². The predicted octanol–water partition coefficient (Wildman–Crippen LogP) is 2.21. The van der Waals surface area contributed by atoms with Crippen molar-refractivity contribution in [2.45, 2.75) is 4.90 Å². The van der Waals surface area contributed by atoms with Crippen molar-refractivity contribution in [3.05, 3.63) is 66.2 Å². The van der Waals surface area contributed by atoms with E-state index in [0.717, 1.165) is 11.6 Å². The Morgan fingerprint density at radius 3 is 2.24 bits per heavy atom. The number of nitrogens with two attached hydrogens (primary N) is 1. The normalized spacial score (nSPS) is 11.4. The summed E-state index contributed by atoms with van der Waals surface area (Å²) in [7, 11) is -4.14. The van der Waals surface area contributed by atoms with Crippen LogP contribution in [0.5, 0.6) is 0 Å². The summed E-state index contributed by atoms with van der Waals surface area (Å²) >= 11 is 0. The predicted molar refractivity (Wildman–Crippen MR) is 79.6 cm³/mol. The molecule has 2 aromatic carbocycles. The molecular formula is C15H13NO4S. The minimum absolute atomic E-state index is 0.127. The van der Waals surface area contributed by atoms with Crippen molar-refractivity contribution in [3.8, 4) is 0 Å². The fourth-order valence-electron chi connectivity index (χ4n) is 1.55. The fourth-order valence-corrected chi connectivity index (χ4v) is 2.38. The Balaban J connectivity index is 2.08. The quantitative estimate of drug-likeness (QED) is 0.531. The lowest BCUT2D eigenvalue weighted by Gasteiger charge is -2.03. The smallest absolute Gasteiger partial charge is 0.346 e. The van der Waals surface area contributed by atoms with Crippen LogP contribution in [-0.4, -0.2) is 14.4 Å². The number of rotatable bonds is 4. The summed E-state index contributed by atoms with van der Waals surface area (Å²) in [6.07, 6.45) is 2.53. The number of hydrogen-bond donors (Lipinski definition) is 1. The maximum atomic E-state index is 11.8. The number of anilines is 1. The molecule has 0 aliphatic heterocycles. The van der Waals surface area contributed by atoms with Gasteiger partial charge >= 0.3 is 16.1 Å². The van der Waals surface area contributed by atoms with Gasteiger partial charge in [0.1, 0.15) is 4.90 Å². The number of nitrogen functional groups attached to an aromatic ring is 1. The van der Waals surface area contributed by atoms with Crippen molar-refractivity contribution in [2.75, 3.05) is 5.73 Å². The standard InChI is InChI=1S/C15H13NO4S/c16-13-7-9-14(10-8-13)21(18,19)20-15(17)11-6-12-4-2-1-3-5-12/h1-11H,16H2/b11-6+. The van der Waals surface area contributed by atoms with Crippen LogP contribution >= 0.6 is 0 Å². The van der Waals surface area contributed by atoms with E-state index < -0.39 is 16.1 Å². The van der Waals surface area contributed by atoms with Gasteiger partial charge in [-0.3, -0.25) is 0 Å². The Morgan fingerprint density at radius 2 is 1.62 bits per heavy atom. The molecule has 0 saturated carbocycles. The molecule has 2 aromatic rings. The minimum Gasteiger partial charge on any atom is -0.399 e. The van der Waals surface area contributed by atoms with Crippen LogP contribution < -0.4 is 5.73 Å². The van der Waals surface area contributed by atoms with Crippen LogP contribution in [0.2, 0.25) is 0 Å². The van der Waals surface area contributed by atoms with Crippen molar-refractivity contribution in [2.24, 2.45) is 0 Å². The van der Waals surface area contributed by atoms with E-state index in [9.17, 15) is 13.2 Å². The van der Waals surface area contributed by atoms with Crippen molar-refractivity contribution >= 4 is 27.9 Å². The fraction of sp³-hybridized carbons (Fsp3) is 0. The molecule has 0 atom stereocenters. The highest BCUT2D eigenvalue weighted by Crippen LogP contribution is 2.15. The molecule has 21 heavy (non-hydrogen) atoms. The lowest BCUT2D eigenvalue weighted by atomic mass is 10.2. The van der Waals surface area contributed by atoms with Gasteiger partial charge in [-0.2, -0.15) is 8.42 Å². The van der Waals surface area contributed by atoms with Gasteiger partial charge < -0.3 is 9.92 Å². The third-order valence-electron chi connectivity index (χ3n) is 2.57. The van der Waals surface area contributed by atoms with Crippen LogP contribution in [0.4, 0.5) is 5.69 Å². The van der Waals surface area contributed by atoms with E-state index in [1.807, 2.05) is 6.07 Å². The molecule has 6 heteroatoms. The maximum Gasteiger partial charge on any atom is 0.346 e. The van der Waals surface area contributed by atoms with Crippen LogP contribution in [0.15, 0.2) is 65.6 Å². The number of carbonyl (C=O) groups is 1. The number of benzene rings is 2. The van der Waals surface area contributed by atoms with Crippen molar-refractivity contribution in [1.29, 1.82) is 0 Å². The molecule has 0 fully saturated rings. The van der Waals surface area contributed by atoms with Gasteiger partial charge in [0, 0.05) is 11.8 Å². The monoisotopic (exact) mass is 303 g/mol. The van der Waals surface area contributed by atoms with Gasteiger partial charge in [0.15, 0.2) is 0 Å². The molecule has 0 aliphatic carbocycles. The van der Waals surface area contributed by atoms with Gasteiger partial charge in [0.25, 0.3) is 0 Å². The average molecular weight is 303 g/mol. The van der Waals surface area contributed by atoms with E-state index in [-0.39, 0.29) is 4.90 Å². The third kappa shape index (κ3) is 4.19. The van der Waals surface area contributed by atoms with E-state index >= 15 is 0 Å². The first-order valence-corrected chi connectivity index (χ1v) is 7.45. The second kappa shape index (κ2) is 6.23. The summed E-state index contributed by atoms with van der Waals surface area (Å²) in [5.74, 6) is -0.962. The molecule has 0 aliphatic rings. The number of hydrogen-bond acceptors (Lipinski definition) is 5. The number of carbonyl (C=O) groups excluding carboxylic acids is 1. The highest BCUT2D eigenvalue weighted by atomic mass is 32.2. The lowest BCUT2D eigenvalue weighted by Crippen LogP contribution is -2.11. The molecule has 0 aromatic heterocycles. The van der Waals surface area contributed by atoms with Gasteiger partial charge in [-0.1, -0.05) is 30.3 Å². The van der Waals surface area contributed by atoms with Crippen molar-refractivity contribution in [3.63, 3.8) is 0 Å². The van der Waals surface area contributed by atoms with Crippen molar-refractivity contribution in [1.82, 2.24) is 0 Å². The van der Waals surface area contributed by atoms with Gasteiger partial charge in [0.2, 0.25) is 0 Å². The summed E-state index contributed by atoms with van der Waals surface area (Å²) in [6, 6.07) is 14.4. The molecule has 2 N–H and O–H groups in total. The molecule has 0 radical (unpaired) electrons. The van der Waals surface area contributed by atoms with Gasteiger partial charge in [-0.15, -0.1) is 0 Å². The Kier molecular flexibility index (Phi) is 4.39. The molecule has 108 valence electrons. The van der Waals surface area contributed by atoms with E-state index in [4.69, 9.17) is 5.73 Å². The lowest BCUT2D eigenvalue weighted by molar-refractivity contribution is -0.128. The van der Waals surface area contributed by atoms with E-state index in [2.05, 4.69) is 4.18 Å². The highest BCUT2D eigenvalue weighted by Gasteiger charge is 2.18. The molecule has 2 rings (SSSR count). The summed E-state index contributed by atoms with van der Waals surface area (Å²) in [6.45, 7) is 0. The zero-order valence-electron chi connectivity index (χ0n) is 11.0. The molecule has 5 nitrogen and oxygen atoms in total. The third-order valence-corrected chi connectivity index (χ3v) is 3.81. The first-order valence-electron chi connectivity index (χ1n) is 6.04. The van der Waals surface area contributed by atoms with Crippen LogP contribution in [0.3, 0.4) is 0 Å². The second-order valence-electron chi connectivity index (χ2n) is 4.17. The molecule has 0 unspecified atom stereocenters. The largest absolute Gasteiger partial charge is 0.399 e. The van der Waals surface area contributed by atoms with E-state index in [0.29, 0.717) is 5.69 Å². The summed E-state index contributed by atoms with van der Waals surface area (Å²) in [5.41, 5.74) is 6.65. The van der Waals surface area contributed by atoms with E-state index in [1.54, 1.807) is 24.3 Å². The van der Waals surface area contributed by atoms with Gasteiger partial charge in [-0.25, -0.2) is 4.79 Å². The highest BCUT2D eigenvalue weighted by molar-refractivity contribution is 7.87. The zero-order chi connectivity index (χ0) is 15.3. The Labute approximate surface area is 122 Å². The Bertz CT molecular complexity index is 750. The van der Waals surface area contributed by atoms with Gasteiger partial charge in [0.05, 0.1) is 0 Å². The first kappa shape index (κ1) is 14.8. The molecule has 0 amide bonds. The first-order chi connectivity index (χ1) is 9.97. The minimum atomic E-state index is -4.14.